The van der Waals surface area contributed by atoms with Crippen LogP contribution in [0.5, 0.6) is 0 Å². The lowest BCUT2D eigenvalue weighted by Crippen LogP contribution is -2.28. The van der Waals surface area contributed by atoms with E-state index in [0.717, 1.165) is 50.4 Å². The minimum atomic E-state index is -0.415. The van der Waals surface area contributed by atoms with Crippen LogP contribution in [0.25, 0.3) is 33.1 Å². The first-order valence-electron chi connectivity index (χ1n) is 17.8. The number of hydrogen-bond donors (Lipinski definition) is 1. The Hall–Kier alpha value is -6.84. The molecule has 1 N–H and O–H groups in total. The van der Waals surface area contributed by atoms with Crippen LogP contribution in [0.3, 0.4) is 0 Å². The molecule has 0 fully saturated rings. The van der Waals surface area contributed by atoms with Crippen molar-refractivity contribution in [3.63, 3.8) is 0 Å². The van der Waals surface area contributed by atoms with Crippen molar-refractivity contribution in [2.75, 3.05) is 10.2 Å². The zero-order valence-electron chi connectivity index (χ0n) is 28.4. The van der Waals surface area contributed by atoms with Crippen LogP contribution in [0.4, 0.5) is 28.4 Å². The first-order chi connectivity index (χ1) is 25.8. The van der Waals surface area contributed by atoms with Crippen LogP contribution in [0.15, 0.2) is 205 Å². The maximum absolute atomic E-state index is 6.45. The second-order valence-corrected chi connectivity index (χ2v) is 13.4. The number of nitrogens with one attached hydrogen (secondary N) is 1. The van der Waals surface area contributed by atoms with Crippen molar-refractivity contribution in [1.29, 1.82) is 0 Å². The van der Waals surface area contributed by atoms with E-state index in [-0.39, 0.29) is 0 Å². The van der Waals surface area contributed by atoms with Gasteiger partial charge in [-0.25, -0.2) is 0 Å². The molecule has 52 heavy (non-hydrogen) atoms. The van der Waals surface area contributed by atoms with Crippen molar-refractivity contribution in [2.24, 2.45) is 0 Å². The summed E-state index contributed by atoms with van der Waals surface area (Å²) in [6.07, 6.45) is 0. The summed E-state index contributed by atoms with van der Waals surface area (Å²) in [6, 6.07) is 71.4. The van der Waals surface area contributed by atoms with Crippen LogP contribution in [0.1, 0.15) is 22.3 Å². The summed E-state index contributed by atoms with van der Waals surface area (Å²) in [5.41, 5.74) is 14.3. The Morgan fingerprint density at radius 1 is 0.423 bits per heavy atom. The molecule has 3 heteroatoms. The second-order valence-electron chi connectivity index (χ2n) is 13.4. The number of furan rings is 1. The van der Waals surface area contributed by atoms with Crippen LogP contribution >= 0.6 is 0 Å². The van der Waals surface area contributed by atoms with Gasteiger partial charge in [0.1, 0.15) is 11.2 Å². The van der Waals surface area contributed by atoms with Gasteiger partial charge in [-0.1, -0.05) is 133 Å². The van der Waals surface area contributed by atoms with Gasteiger partial charge in [0.05, 0.1) is 16.5 Å². The second kappa shape index (κ2) is 12.2. The van der Waals surface area contributed by atoms with Crippen LogP contribution in [0.2, 0.25) is 0 Å². The van der Waals surface area contributed by atoms with E-state index < -0.39 is 5.41 Å². The zero-order valence-corrected chi connectivity index (χ0v) is 28.4. The van der Waals surface area contributed by atoms with Gasteiger partial charge in [0.15, 0.2) is 0 Å². The molecule has 1 aromatic heterocycles. The van der Waals surface area contributed by atoms with Crippen molar-refractivity contribution in [2.45, 2.75) is 5.41 Å². The quantitative estimate of drug-likeness (QED) is 0.183. The maximum Gasteiger partial charge on any atom is 0.137 e. The number of benzene rings is 8. The van der Waals surface area contributed by atoms with Crippen LogP contribution in [0, 0.1) is 0 Å². The molecule has 246 valence electrons. The molecule has 0 atom stereocenters. The molecule has 1 aliphatic rings. The standard InChI is InChI=1S/C49H34N2O/c1-4-15-34(16-5-1)49(43-23-12-10-21-40(43)41-22-11-13-24-44(41)49)35-27-29-36(30-28-35)50-37-31-32-46-42(33-37)48-45(25-14-26-47(48)52-46)51(38-17-6-2-7-18-38)39-19-8-3-9-20-39/h1-33,50H. The number of anilines is 5. The third-order valence-electron chi connectivity index (χ3n) is 10.5. The highest BCUT2D eigenvalue weighted by Gasteiger charge is 2.45. The predicted octanol–water partition coefficient (Wildman–Crippen LogP) is 13.2. The summed E-state index contributed by atoms with van der Waals surface area (Å²) in [5, 5.41) is 5.85. The zero-order chi connectivity index (χ0) is 34.5. The lowest BCUT2D eigenvalue weighted by molar-refractivity contribution is 0.669. The van der Waals surface area contributed by atoms with Crippen molar-refractivity contribution in [1.82, 2.24) is 0 Å². The van der Waals surface area contributed by atoms with Crippen molar-refractivity contribution in [3.05, 3.63) is 222 Å². The summed E-state index contributed by atoms with van der Waals surface area (Å²) in [6.45, 7) is 0. The highest BCUT2D eigenvalue weighted by molar-refractivity contribution is 6.14. The summed E-state index contributed by atoms with van der Waals surface area (Å²) in [7, 11) is 0. The maximum atomic E-state index is 6.45. The molecule has 1 aliphatic carbocycles. The van der Waals surface area contributed by atoms with Crippen LogP contribution in [-0.2, 0) is 5.41 Å². The Balaban J connectivity index is 1.06. The molecule has 0 radical (unpaired) electrons. The number of hydrogen-bond acceptors (Lipinski definition) is 3. The minimum Gasteiger partial charge on any atom is -0.456 e. The molecule has 0 bridgehead atoms. The van der Waals surface area contributed by atoms with Crippen molar-refractivity contribution >= 4 is 50.4 Å². The first kappa shape index (κ1) is 30.0. The fourth-order valence-corrected chi connectivity index (χ4v) is 8.34. The van der Waals surface area contributed by atoms with E-state index in [0.29, 0.717) is 0 Å². The summed E-state index contributed by atoms with van der Waals surface area (Å²) >= 11 is 0. The Kier molecular flexibility index (Phi) is 7.04. The first-order valence-corrected chi connectivity index (χ1v) is 17.8. The van der Waals surface area contributed by atoms with Gasteiger partial charge in [-0.3, -0.25) is 0 Å². The van der Waals surface area contributed by atoms with Crippen molar-refractivity contribution < 1.29 is 4.42 Å². The van der Waals surface area contributed by atoms with Gasteiger partial charge in [-0.05, 0) is 100 Å². The third kappa shape index (κ3) is 4.67. The number of nitrogens with zero attached hydrogens (tertiary/aromatic N) is 1. The van der Waals surface area contributed by atoms with Gasteiger partial charge in [0, 0.05) is 28.1 Å². The van der Waals surface area contributed by atoms with Gasteiger partial charge in [-0.2, -0.15) is 0 Å². The Bertz CT molecular complexity index is 2610. The van der Waals surface area contributed by atoms with Gasteiger partial charge in [0.25, 0.3) is 0 Å². The molecular formula is C49H34N2O. The molecule has 0 unspecified atom stereocenters. The smallest absolute Gasteiger partial charge is 0.137 e. The summed E-state index contributed by atoms with van der Waals surface area (Å²) in [4.78, 5) is 2.30. The molecular weight excluding hydrogens is 633 g/mol. The largest absolute Gasteiger partial charge is 0.456 e. The fourth-order valence-electron chi connectivity index (χ4n) is 8.34. The molecule has 0 saturated carbocycles. The van der Waals surface area contributed by atoms with Gasteiger partial charge >= 0.3 is 0 Å². The molecule has 0 aliphatic heterocycles. The molecule has 10 rings (SSSR count). The monoisotopic (exact) mass is 666 g/mol. The van der Waals surface area contributed by atoms with Gasteiger partial charge in [0.2, 0.25) is 0 Å². The molecule has 8 aromatic carbocycles. The molecule has 9 aromatic rings. The van der Waals surface area contributed by atoms with Crippen LogP contribution in [-0.4, -0.2) is 0 Å². The van der Waals surface area contributed by atoms with Crippen LogP contribution < -0.4 is 10.2 Å². The lowest BCUT2D eigenvalue weighted by atomic mass is 9.68. The molecule has 0 amide bonds. The van der Waals surface area contributed by atoms with E-state index in [4.69, 9.17) is 4.42 Å². The molecule has 1 heterocycles. The lowest BCUT2D eigenvalue weighted by Gasteiger charge is -2.34. The van der Waals surface area contributed by atoms with E-state index in [1.165, 1.54) is 33.4 Å². The Morgan fingerprint density at radius 2 is 0.962 bits per heavy atom. The molecule has 3 nitrogen and oxygen atoms in total. The fraction of sp³-hybridized carbons (Fsp3) is 0.0204. The normalized spacial score (nSPS) is 12.8. The number of para-hydroxylation sites is 2. The minimum absolute atomic E-state index is 0.415. The van der Waals surface area contributed by atoms with E-state index >= 15 is 0 Å². The number of rotatable bonds is 7. The van der Waals surface area contributed by atoms with Crippen molar-refractivity contribution in [3.8, 4) is 11.1 Å². The summed E-state index contributed by atoms with van der Waals surface area (Å²) < 4.78 is 6.45. The predicted molar refractivity (Wildman–Crippen MR) is 215 cm³/mol. The molecule has 0 saturated heterocycles. The Labute approximate surface area is 303 Å². The van der Waals surface area contributed by atoms with E-state index in [9.17, 15) is 0 Å². The number of fused-ring (bicyclic) bond motifs is 6. The highest BCUT2D eigenvalue weighted by atomic mass is 16.3. The summed E-state index contributed by atoms with van der Waals surface area (Å²) in [5.74, 6) is 0. The SMILES string of the molecule is c1ccc(N(c2ccccc2)c2cccc3oc4ccc(Nc5ccc(C6(c7ccccc7)c7ccccc7-c7ccccc76)cc5)cc4c23)cc1. The van der Waals surface area contributed by atoms with E-state index in [2.05, 4.69) is 210 Å². The topological polar surface area (TPSA) is 28.4 Å². The molecule has 0 spiro atoms. The highest BCUT2D eigenvalue weighted by Crippen LogP contribution is 2.56. The average Bonchev–Trinajstić information content (AvgIpc) is 3.74. The van der Waals surface area contributed by atoms with E-state index in [1.807, 2.05) is 0 Å². The van der Waals surface area contributed by atoms with Gasteiger partial charge in [-0.15, -0.1) is 0 Å². The average molecular weight is 667 g/mol. The van der Waals surface area contributed by atoms with E-state index in [1.54, 1.807) is 0 Å². The third-order valence-corrected chi connectivity index (χ3v) is 10.5. The Morgan fingerprint density at radius 3 is 1.60 bits per heavy atom. The van der Waals surface area contributed by atoms with Gasteiger partial charge < -0.3 is 14.6 Å².